The molecule has 0 bridgehead atoms. The van der Waals surface area contributed by atoms with Crippen molar-refractivity contribution in [2.45, 2.75) is 99.3 Å². The third-order valence-electron chi connectivity index (χ3n) is 16.2. The minimum Gasteiger partial charge on any atom is -0.310 e. The summed E-state index contributed by atoms with van der Waals surface area (Å²) in [7, 11) is 0. The summed E-state index contributed by atoms with van der Waals surface area (Å²) in [5.41, 5.74) is 27.3. The molecular weight excluding hydrogens is 881 g/mol. The summed E-state index contributed by atoms with van der Waals surface area (Å²) in [5, 5.41) is 5.02. The van der Waals surface area contributed by atoms with Crippen LogP contribution in [0, 0.1) is 41.5 Å². The Kier molecular flexibility index (Phi) is 10.6. The molecule has 0 fully saturated rings. The van der Waals surface area contributed by atoms with E-state index in [1.165, 1.54) is 122 Å². The van der Waals surface area contributed by atoms with Crippen molar-refractivity contribution < 1.29 is 0 Å². The first-order valence-electron chi connectivity index (χ1n) is 26.2. The molecule has 73 heavy (non-hydrogen) atoms. The van der Waals surface area contributed by atoms with Crippen LogP contribution in [0.3, 0.4) is 0 Å². The molecule has 0 N–H and O–H groups in total. The maximum absolute atomic E-state index is 2.53. The van der Waals surface area contributed by atoms with Gasteiger partial charge >= 0.3 is 0 Å². The van der Waals surface area contributed by atoms with Gasteiger partial charge in [-0.25, -0.2) is 0 Å². The first kappa shape index (κ1) is 46.4. The van der Waals surface area contributed by atoms with Crippen molar-refractivity contribution in [2.24, 2.45) is 0 Å². The molecular formula is C71H66N2. The van der Waals surface area contributed by atoms with E-state index in [9.17, 15) is 0 Å². The van der Waals surface area contributed by atoms with Crippen molar-refractivity contribution in [3.05, 3.63) is 249 Å². The van der Waals surface area contributed by atoms with Crippen LogP contribution in [0.4, 0.5) is 34.1 Å². The Morgan fingerprint density at radius 2 is 0.685 bits per heavy atom. The van der Waals surface area contributed by atoms with Gasteiger partial charge in [0.05, 0.1) is 5.41 Å². The largest absolute Gasteiger partial charge is 0.310 e. The molecule has 2 aliphatic rings. The highest BCUT2D eigenvalue weighted by Crippen LogP contribution is 2.66. The number of benzene rings is 10. The van der Waals surface area contributed by atoms with E-state index < -0.39 is 5.41 Å². The van der Waals surface area contributed by atoms with E-state index in [0.29, 0.717) is 0 Å². The normalized spacial score (nSPS) is 13.3. The van der Waals surface area contributed by atoms with E-state index in [0.717, 1.165) is 22.7 Å². The summed E-state index contributed by atoms with van der Waals surface area (Å²) in [4.78, 5) is 4.90. The fourth-order valence-corrected chi connectivity index (χ4v) is 12.3. The summed E-state index contributed by atoms with van der Waals surface area (Å²) in [6, 6.07) is 70.6. The van der Waals surface area contributed by atoms with Gasteiger partial charge in [0.25, 0.3) is 0 Å². The lowest BCUT2D eigenvalue weighted by atomic mass is 9.68. The van der Waals surface area contributed by atoms with E-state index in [1.54, 1.807) is 0 Å². The number of nitrogens with zero attached hydrogens (tertiary/aromatic N) is 2. The Hall–Kier alpha value is -7.68. The number of hydrogen-bond acceptors (Lipinski definition) is 2. The zero-order valence-electron chi connectivity index (χ0n) is 44.7. The van der Waals surface area contributed by atoms with Gasteiger partial charge in [-0.2, -0.15) is 0 Å². The van der Waals surface area contributed by atoms with Gasteiger partial charge in [0, 0.05) is 34.1 Å². The molecule has 2 nitrogen and oxygen atoms in total. The van der Waals surface area contributed by atoms with Gasteiger partial charge in [-0.3, -0.25) is 0 Å². The Balaban J connectivity index is 1.16. The monoisotopic (exact) mass is 947 g/mol. The fraction of sp³-hybridized carbons (Fsp3) is 0.211. The molecule has 0 aliphatic heterocycles. The van der Waals surface area contributed by atoms with Crippen LogP contribution in [0.1, 0.15) is 108 Å². The topological polar surface area (TPSA) is 6.48 Å². The van der Waals surface area contributed by atoms with Gasteiger partial charge < -0.3 is 9.80 Å². The minimum absolute atomic E-state index is 0.0256. The molecule has 2 heteroatoms. The smallest absolute Gasteiger partial charge is 0.0737 e. The Labute approximate surface area is 433 Å². The summed E-state index contributed by atoms with van der Waals surface area (Å²) < 4.78 is 0. The standard InChI is InChI=1S/C71H66N2/c1-43-15-25-53(26-16-43)72(65-37-45(3)13-19-47(65)5)55-29-33-57-49(39-55)21-31-59-60-32-22-50-40-56(73(54-27-17-44(2)18-28-54)66-38-46(4)14-20-48(66)6)30-34-58(50)68(60)71(67(57)59)63-35-23-51(69(7,8)9)41-61(63)62-42-52(70(10,11)12)24-36-64(62)71/h13-42H,1-12H3. The number of fused-ring (bicyclic) bond motifs is 14. The van der Waals surface area contributed by atoms with Gasteiger partial charge in [0.2, 0.25) is 0 Å². The quantitative estimate of drug-likeness (QED) is 0.164. The predicted molar refractivity (Wildman–Crippen MR) is 313 cm³/mol. The third-order valence-corrected chi connectivity index (χ3v) is 16.2. The van der Waals surface area contributed by atoms with Crippen LogP contribution in [0.2, 0.25) is 0 Å². The van der Waals surface area contributed by atoms with Gasteiger partial charge in [-0.05, 0) is 212 Å². The highest BCUT2D eigenvalue weighted by molar-refractivity contribution is 6.10. The zero-order chi connectivity index (χ0) is 50.9. The van der Waals surface area contributed by atoms with E-state index in [1.807, 2.05) is 0 Å². The second kappa shape index (κ2) is 16.7. The van der Waals surface area contributed by atoms with E-state index in [2.05, 4.69) is 275 Å². The third kappa shape index (κ3) is 7.35. The summed E-state index contributed by atoms with van der Waals surface area (Å²) in [5.74, 6) is 0. The predicted octanol–water partition coefficient (Wildman–Crippen LogP) is 19.7. The van der Waals surface area contributed by atoms with Crippen molar-refractivity contribution in [1.82, 2.24) is 0 Å². The van der Waals surface area contributed by atoms with Crippen LogP contribution in [-0.4, -0.2) is 0 Å². The van der Waals surface area contributed by atoms with E-state index in [4.69, 9.17) is 0 Å². The number of anilines is 6. The lowest BCUT2D eigenvalue weighted by Gasteiger charge is -2.34. The molecule has 0 atom stereocenters. The lowest BCUT2D eigenvalue weighted by Crippen LogP contribution is -2.27. The molecule has 2 aliphatic carbocycles. The molecule has 0 radical (unpaired) electrons. The zero-order valence-corrected chi connectivity index (χ0v) is 44.7. The molecule has 10 aromatic carbocycles. The average Bonchev–Trinajstić information content (AvgIpc) is 3.83. The molecule has 1 spiro atoms. The average molecular weight is 947 g/mol. The van der Waals surface area contributed by atoms with Crippen LogP contribution >= 0.6 is 0 Å². The van der Waals surface area contributed by atoms with E-state index in [-0.39, 0.29) is 10.8 Å². The Morgan fingerprint density at radius 3 is 1.07 bits per heavy atom. The van der Waals surface area contributed by atoms with Crippen LogP contribution in [0.25, 0.3) is 43.8 Å². The minimum atomic E-state index is -0.599. The Bertz CT molecular complexity index is 3620. The first-order valence-corrected chi connectivity index (χ1v) is 26.2. The highest BCUT2D eigenvalue weighted by atomic mass is 15.1. The maximum atomic E-state index is 2.53. The SMILES string of the molecule is Cc1ccc(N(c2ccc3c4c(ccc3c2)-c2ccc3cc(N(c5ccc(C)cc5)c5cc(C)ccc5C)ccc3c2C42c3ccc(C(C)(C)C)cc3-c3cc(C(C)(C)C)ccc32)c2cc(C)ccc2C)cc1. The van der Waals surface area contributed by atoms with Crippen molar-refractivity contribution in [1.29, 1.82) is 0 Å². The van der Waals surface area contributed by atoms with Gasteiger partial charge in [0.1, 0.15) is 0 Å². The van der Waals surface area contributed by atoms with Gasteiger partial charge in [-0.15, -0.1) is 0 Å². The molecule has 0 amide bonds. The lowest BCUT2D eigenvalue weighted by molar-refractivity contribution is 0.589. The first-order chi connectivity index (χ1) is 34.9. The van der Waals surface area contributed by atoms with Gasteiger partial charge in [-0.1, -0.05) is 174 Å². The second-order valence-electron chi connectivity index (χ2n) is 23.5. The maximum Gasteiger partial charge on any atom is 0.0737 e. The molecule has 360 valence electrons. The molecule has 0 saturated carbocycles. The molecule has 12 rings (SSSR count). The molecule has 10 aromatic rings. The second-order valence-corrected chi connectivity index (χ2v) is 23.5. The number of aryl methyl sites for hydroxylation is 6. The van der Waals surface area contributed by atoms with Crippen LogP contribution in [0.15, 0.2) is 182 Å². The summed E-state index contributed by atoms with van der Waals surface area (Å²) in [6.07, 6.45) is 0. The molecule has 0 aromatic heterocycles. The van der Waals surface area contributed by atoms with E-state index >= 15 is 0 Å². The highest BCUT2D eigenvalue weighted by Gasteiger charge is 2.54. The molecule has 0 saturated heterocycles. The summed E-state index contributed by atoms with van der Waals surface area (Å²) in [6.45, 7) is 27.2. The van der Waals surface area contributed by atoms with Crippen molar-refractivity contribution in [2.75, 3.05) is 9.80 Å². The van der Waals surface area contributed by atoms with Crippen LogP contribution < -0.4 is 9.80 Å². The van der Waals surface area contributed by atoms with Gasteiger partial charge in [0.15, 0.2) is 0 Å². The number of rotatable bonds is 6. The van der Waals surface area contributed by atoms with Crippen LogP contribution in [0.5, 0.6) is 0 Å². The molecule has 0 unspecified atom stereocenters. The fourth-order valence-electron chi connectivity index (χ4n) is 12.3. The van der Waals surface area contributed by atoms with Crippen LogP contribution in [-0.2, 0) is 16.2 Å². The Morgan fingerprint density at radius 1 is 0.315 bits per heavy atom. The van der Waals surface area contributed by atoms with Crippen molar-refractivity contribution in [3.63, 3.8) is 0 Å². The van der Waals surface area contributed by atoms with Crippen molar-refractivity contribution in [3.8, 4) is 22.3 Å². The van der Waals surface area contributed by atoms with Crippen molar-refractivity contribution >= 4 is 55.7 Å². The summed E-state index contributed by atoms with van der Waals surface area (Å²) >= 11 is 0. The number of hydrogen-bond donors (Lipinski definition) is 0. The molecule has 0 heterocycles.